The first-order valence-electron chi connectivity index (χ1n) is 6.21. The molecule has 2 heterocycles. The van der Waals surface area contributed by atoms with Gasteiger partial charge in [-0.2, -0.15) is 11.8 Å². The van der Waals surface area contributed by atoms with Gasteiger partial charge in [-0.25, -0.2) is 4.98 Å². The van der Waals surface area contributed by atoms with E-state index in [1.807, 2.05) is 11.8 Å². The molecule has 0 aromatic carbocycles. The van der Waals surface area contributed by atoms with Gasteiger partial charge in [0.05, 0.1) is 0 Å². The van der Waals surface area contributed by atoms with Gasteiger partial charge in [0.2, 0.25) is 0 Å². The van der Waals surface area contributed by atoms with Crippen molar-refractivity contribution < 1.29 is 0 Å². The fourth-order valence-corrected chi connectivity index (χ4v) is 3.11. The standard InChI is InChI=1S/C12H19N3OS/c1-2-6-15-7-5-13-11(12(15)16)14-10-3-8-17-9-4-10/h5,7,10H,2-4,6,8-9H2,1H3,(H,13,14). The van der Waals surface area contributed by atoms with Crippen LogP contribution in [0.1, 0.15) is 26.2 Å². The van der Waals surface area contributed by atoms with Crippen LogP contribution in [-0.2, 0) is 6.54 Å². The summed E-state index contributed by atoms with van der Waals surface area (Å²) < 4.78 is 1.73. The van der Waals surface area contributed by atoms with E-state index in [1.165, 1.54) is 11.5 Å². The van der Waals surface area contributed by atoms with Crippen LogP contribution in [0.2, 0.25) is 0 Å². The van der Waals surface area contributed by atoms with E-state index in [9.17, 15) is 4.79 Å². The van der Waals surface area contributed by atoms with Crippen molar-refractivity contribution in [1.29, 1.82) is 0 Å². The predicted octanol–water partition coefficient (Wildman–Crippen LogP) is 1.96. The third-order valence-corrected chi connectivity index (χ3v) is 3.99. The predicted molar refractivity (Wildman–Crippen MR) is 72.8 cm³/mol. The van der Waals surface area contributed by atoms with E-state index in [2.05, 4.69) is 17.2 Å². The maximum Gasteiger partial charge on any atom is 0.293 e. The molecule has 0 atom stereocenters. The summed E-state index contributed by atoms with van der Waals surface area (Å²) in [5, 5.41) is 3.29. The normalized spacial score (nSPS) is 17.0. The lowest BCUT2D eigenvalue weighted by Gasteiger charge is -2.22. The summed E-state index contributed by atoms with van der Waals surface area (Å²) in [6.07, 6.45) is 6.66. The highest BCUT2D eigenvalue weighted by Crippen LogP contribution is 2.18. The molecule has 1 aliphatic heterocycles. The number of anilines is 1. The van der Waals surface area contributed by atoms with Crippen molar-refractivity contribution in [2.24, 2.45) is 0 Å². The van der Waals surface area contributed by atoms with E-state index in [4.69, 9.17) is 0 Å². The highest BCUT2D eigenvalue weighted by atomic mass is 32.2. The fourth-order valence-electron chi connectivity index (χ4n) is 2.00. The molecule has 0 bridgehead atoms. The van der Waals surface area contributed by atoms with Gasteiger partial charge in [0.25, 0.3) is 5.56 Å². The number of hydrogen-bond donors (Lipinski definition) is 1. The summed E-state index contributed by atoms with van der Waals surface area (Å²) in [4.78, 5) is 16.2. The smallest absolute Gasteiger partial charge is 0.293 e. The molecule has 2 rings (SSSR count). The Labute approximate surface area is 106 Å². The van der Waals surface area contributed by atoms with E-state index in [0.29, 0.717) is 11.9 Å². The highest BCUT2D eigenvalue weighted by Gasteiger charge is 2.15. The first-order chi connectivity index (χ1) is 8.31. The minimum Gasteiger partial charge on any atom is -0.363 e. The maximum absolute atomic E-state index is 12.1. The Morgan fingerprint density at radius 2 is 2.29 bits per heavy atom. The number of rotatable bonds is 4. The van der Waals surface area contributed by atoms with Crippen molar-refractivity contribution in [3.05, 3.63) is 22.7 Å². The van der Waals surface area contributed by atoms with E-state index in [0.717, 1.165) is 25.8 Å². The van der Waals surface area contributed by atoms with Crippen LogP contribution < -0.4 is 10.9 Å². The van der Waals surface area contributed by atoms with Crippen LogP contribution in [0.3, 0.4) is 0 Å². The van der Waals surface area contributed by atoms with Crippen LogP contribution in [0.25, 0.3) is 0 Å². The molecule has 94 valence electrons. The van der Waals surface area contributed by atoms with Crippen LogP contribution in [0.5, 0.6) is 0 Å². The Hall–Kier alpha value is -0.970. The summed E-state index contributed by atoms with van der Waals surface area (Å²) in [6.45, 7) is 2.83. The number of nitrogens with one attached hydrogen (secondary N) is 1. The summed E-state index contributed by atoms with van der Waals surface area (Å²) >= 11 is 1.98. The summed E-state index contributed by atoms with van der Waals surface area (Å²) in [5.74, 6) is 2.86. The number of hydrogen-bond acceptors (Lipinski definition) is 4. The largest absolute Gasteiger partial charge is 0.363 e. The van der Waals surface area contributed by atoms with Crippen LogP contribution >= 0.6 is 11.8 Å². The average Bonchev–Trinajstić information content (AvgIpc) is 2.36. The van der Waals surface area contributed by atoms with Gasteiger partial charge in [-0.15, -0.1) is 0 Å². The molecule has 17 heavy (non-hydrogen) atoms. The van der Waals surface area contributed by atoms with Gasteiger partial charge >= 0.3 is 0 Å². The first kappa shape index (κ1) is 12.5. The maximum atomic E-state index is 12.1. The van der Waals surface area contributed by atoms with E-state index >= 15 is 0 Å². The molecule has 4 nitrogen and oxygen atoms in total. The molecule has 0 unspecified atom stereocenters. The Kier molecular flexibility index (Phi) is 4.48. The van der Waals surface area contributed by atoms with Crippen molar-refractivity contribution in [2.45, 2.75) is 38.8 Å². The number of thioether (sulfide) groups is 1. The second-order valence-electron chi connectivity index (χ2n) is 4.31. The van der Waals surface area contributed by atoms with Gasteiger partial charge in [-0.1, -0.05) is 6.92 Å². The Morgan fingerprint density at radius 3 is 3.00 bits per heavy atom. The molecule has 0 radical (unpaired) electrons. The Bertz CT molecular complexity index is 412. The molecule has 1 aromatic rings. The van der Waals surface area contributed by atoms with Crippen molar-refractivity contribution >= 4 is 17.6 Å². The van der Waals surface area contributed by atoms with Gasteiger partial charge in [0, 0.05) is 25.0 Å². The summed E-state index contributed by atoms with van der Waals surface area (Å²) in [5.41, 5.74) is 0.00702. The molecule has 1 aliphatic rings. The number of nitrogens with zero attached hydrogens (tertiary/aromatic N) is 2. The SMILES string of the molecule is CCCn1ccnc(NC2CCSCC2)c1=O. The number of aryl methyl sites for hydroxylation is 1. The van der Waals surface area contributed by atoms with Gasteiger partial charge in [-0.05, 0) is 30.8 Å². The lowest BCUT2D eigenvalue weighted by Crippen LogP contribution is -2.31. The van der Waals surface area contributed by atoms with Crippen LogP contribution in [0.15, 0.2) is 17.2 Å². The van der Waals surface area contributed by atoms with E-state index in [1.54, 1.807) is 17.0 Å². The molecule has 1 saturated heterocycles. The average molecular weight is 253 g/mol. The first-order valence-corrected chi connectivity index (χ1v) is 7.36. The van der Waals surface area contributed by atoms with Gasteiger partial charge in [0.15, 0.2) is 5.82 Å². The second-order valence-corrected chi connectivity index (χ2v) is 5.53. The van der Waals surface area contributed by atoms with Crippen molar-refractivity contribution in [2.75, 3.05) is 16.8 Å². The Morgan fingerprint density at radius 1 is 1.53 bits per heavy atom. The van der Waals surface area contributed by atoms with Crippen molar-refractivity contribution in [3.63, 3.8) is 0 Å². The molecule has 0 amide bonds. The lowest BCUT2D eigenvalue weighted by molar-refractivity contribution is 0.634. The minimum atomic E-state index is 0.00702. The van der Waals surface area contributed by atoms with Crippen LogP contribution in [0.4, 0.5) is 5.82 Å². The second kappa shape index (κ2) is 6.10. The molecule has 1 aromatic heterocycles. The molecular formula is C12H19N3OS. The highest BCUT2D eigenvalue weighted by molar-refractivity contribution is 7.99. The molecular weight excluding hydrogens is 234 g/mol. The van der Waals surface area contributed by atoms with Crippen LogP contribution in [-0.4, -0.2) is 27.1 Å². The zero-order chi connectivity index (χ0) is 12.1. The van der Waals surface area contributed by atoms with Gasteiger partial charge in [-0.3, -0.25) is 4.79 Å². The van der Waals surface area contributed by atoms with Crippen molar-refractivity contribution in [1.82, 2.24) is 9.55 Å². The molecule has 0 saturated carbocycles. The molecule has 0 aliphatic carbocycles. The fraction of sp³-hybridized carbons (Fsp3) is 0.667. The minimum absolute atomic E-state index is 0.00702. The third kappa shape index (κ3) is 3.25. The van der Waals surface area contributed by atoms with E-state index in [-0.39, 0.29) is 5.56 Å². The molecule has 1 N–H and O–H groups in total. The van der Waals surface area contributed by atoms with Gasteiger partial charge in [0.1, 0.15) is 0 Å². The monoisotopic (exact) mass is 253 g/mol. The summed E-state index contributed by atoms with van der Waals surface area (Å²) in [6, 6.07) is 0.411. The zero-order valence-electron chi connectivity index (χ0n) is 10.2. The molecule has 5 heteroatoms. The topological polar surface area (TPSA) is 46.9 Å². The Balaban J connectivity index is 2.09. The third-order valence-electron chi connectivity index (χ3n) is 2.94. The van der Waals surface area contributed by atoms with Gasteiger partial charge < -0.3 is 9.88 Å². The quantitative estimate of drug-likeness (QED) is 0.891. The number of aromatic nitrogens is 2. The molecule has 1 fully saturated rings. The molecule has 0 spiro atoms. The van der Waals surface area contributed by atoms with Crippen LogP contribution in [0, 0.1) is 0 Å². The zero-order valence-corrected chi connectivity index (χ0v) is 11.0. The summed E-state index contributed by atoms with van der Waals surface area (Å²) in [7, 11) is 0. The van der Waals surface area contributed by atoms with E-state index < -0.39 is 0 Å². The lowest BCUT2D eigenvalue weighted by atomic mass is 10.1. The van der Waals surface area contributed by atoms with Crippen molar-refractivity contribution in [3.8, 4) is 0 Å².